The summed E-state index contributed by atoms with van der Waals surface area (Å²) < 4.78 is 1.78. The highest BCUT2D eigenvalue weighted by Crippen LogP contribution is 2.33. The van der Waals surface area contributed by atoms with Gasteiger partial charge in [0.2, 0.25) is 0 Å². The van der Waals surface area contributed by atoms with Crippen LogP contribution in [0.5, 0.6) is 0 Å². The van der Waals surface area contributed by atoms with Gasteiger partial charge in [-0.15, -0.1) is 11.3 Å². The molecule has 3 rings (SSSR count). The number of hydrogen-bond donors (Lipinski definition) is 1. The average molecular weight is 262 g/mol. The lowest BCUT2D eigenvalue weighted by Crippen LogP contribution is -1.99. The van der Waals surface area contributed by atoms with Crippen molar-refractivity contribution in [1.29, 1.82) is 0 Å². The number of nitrogens with zero attached hydrogens (tertiary/aromatic N) is 2. The van der Waals surface area contributed by atoms with E-state index in [1.54, 1.807) is 16.0 Å². The third-order valence-electron chi connectivity index (χ3n) is 3.53. The molecule has 1 N–H and O–H groups in total. The molecule has 0 fully saturated rings. The van der Waals surface area contributed by atoms with Crippen LogP contribution < -0.4 is 0 Å². The van der Waals surface area contributed by atoms with Crippen LogP contribution in [0, 0.1) is 0 Å². The first-order chi connectivity index (χ1) is 8.72. The Morgan fingerprint density at radius 3 is 3.00 bits per heavy atom. The predicted octanol–water partition coefficient (Wildman–Crippen LogP) is 2.64. The third kappa shape index (κ3) is 2.35. The maximum Gasteiger partial charge on any atom is 0.0923 e. The number of aliphatic hydroxyl groups excluding tert-OH is 1. The van der Waals surface area contributed by atoms with Crippen molar-refractivity contribution in [3.63, 3.8) is 0 Å². The molecular formula is C14H18N2OS. The van der Waals surface area contributed by atoms with Gasteiger partial charge in [0, 0.05) is 29.4 Å². The van der Waals surface area contributed by atoms with Gasteiger partial charge in [-0.05, 0) is 42.9 Å². The summed E-state index contributed by atoms with van der Waals surface area (Å²) >= 11 is 1.79. The van der Waals surface area contributed by atoms with Crippen LogP contribution in [0.25, 0.3) is 0 Å². The Morgan fingerprint density at radius 1 is 1.44 bits per heavy atom. The van der Waals surface area contributed by atoms with E-state index in [9.17, 15) is 5.11 Å². The zero-order chi connectivity index (χ0) is 12.5. The molecule has 0 saturated carbocycles. The average Bonchev–Trinajstić information content (AvgIpc) is 2.95. The van der Waals surface area contributed by atoms with Crippen molar-refractivity contribution < 1.29 is 5.11 Å². The van der Waals surface area contributed by atoms with E-state index in [0.29, 0.717) is 6.42 Å². The zero-order valence-electron chi connectivity index (χ0n) is 10.6. The number of aromatic nitrogens is 2. The fourth-order valence-corrected chi connectivity index (χ4v) is 3.82. The molecule has 0 aliphatic heterocycles. The Bertz CT molecular complexity index is 520. The zero-order valence-corrected chi connectivity index (χ0v) is 11.4. The number of rotatable bonds is 3. The fourth-order valence-electron chi connectivity index (χ4n) is 2.58. The first-order valence-corrected chi connectivity index (χ1v) is 7.31. The molecule has 1 aliphatic rings. The molecule has 4 heteroatoms. The predicted molar refractivity (Wildman–Crippen MR) is 72.8 cm³/mol. The summed E-state index contributed by atoms with van der Waals surface area (Å²) in [5.74, 6) is 0. The van der Waals surface area contributed by atoms with E-state index in [2.05, 4.69) is 11.2 Å². The minimum atomic E-state index is -0.384. The Labute approximate surface area is 111 Å². The van der Waals surface area contributed by atoms with Crippen LogP contribution in [0.1, 0.15) is 39.8 Å². The molecule has 96 valence electrons. The van der Waals surface area contributed by atoms with Crippen molar-refractivity contribution in [3.8, 4) is 0 Å². The molecule has 1 atom stereocenters. The molecule has 2 aromatic rings. The number of hydrogen-bond acceptors (Lipinski definition) is 3. The van der Waals surface area contributed by atoms with Crippen molar-refractivity contribution in [3.05, 3.63) is 39.3 Å². The molecule has 0 bridgehead atoms. The van der Waals surface area contributed by atoms with Crippen LogP contribution >= 0.6 is 11.3 Å². The lowest BCUT2D eigenvalue weighted by atomic mass is 9.98. The summed E-state index contributed by atoms with van der Waals surface area (Å²) in [5, 5.41) is 14.4. The lowest BCUT2D eigenvalue weighted by Gasteiger charge is -2.08. The van der Waals surface area contributed by atoms with Crippen LogP contribution in [-0.4, -0.2) is 14.9 Å². The Kier molecular flexibility index (Phi) is 3.22. The van der Waals surface area contributed by atoms with Gasteiger partial charge in [-0.25, -0.2) is 0 Å². The maximum absolute atomic E-state index is 10.3. The minimum Gasteiger partial charge on any atom is -0.387 e. The van der Waals surface area contributed by atoms with Gasteiger partial charge in [0.15, 0.2) is 0 Å². The SMILES string of the molecule is Cn1cc(CC(O)c2cc3c(s2)CCCC3)cn1. The summed E-state index contributed by atoms with van der Waals surface area (Å²) in [7, 11) is 1.90. The van der Waals surface area contributed by atoms with Crippen molar-refractivity contribution in [2.24, 2.45) is 7.05 Å². The molecule has 1 unspecified atom stereocenters. The molecule has 18 heavy (non-hydrogen) atoms. The van der Waals surface area contributed by atoms with Crippen molar-refractivity contribution in [2.45, 2.75) is 38.2 Å². The van der Waals surface area contributed by atoms with Gasteiger partial charge < -0.3 is 5.11 Å². The molecule has 0 amide bonds. The van der Waals surface area contributed by atoms with E-state index in [0.717, 1.165) is 10.4 Å². The van der Waals surface area contributed by atoms with E-state index in [1.165, 1.54) is 36.1 Å². The van der Waals surface area contributed by atoms with Crippen LogP contribution in [0.2, 0.25) is 0 Å². The van der Waals surface area contributed by atoms with Crippen LogP contribution in [0.3, 0.4) is 0 Å². The van der Waals surface area contributed by atoms with E-state index >= 15 is 0 Å². The highest BCUT2D eigenvalue weighted by atomic mass is 32.1. The first kappa shape index (κ1) is 11.9. The summed E-state index contributed by atoms with van der Waals surface area (Å²) in [6.07, 6.45) is 9.05. The number of aryl methyl sites for hydroxylation is 3. The monoisotopic (exact) mass is 262 g/mol. The minimum absolute atomic E-state index is 0.384. The normalized spacial score (nSPS) is 16.6. The Balaban J connectivity index is 1.75. The van der Waals surface area contributed by atoms with Gasteiger partial charge in [0.1, 0.15) is 0 Å². The number of fused-ring (bicyclic) bond motifs is 1. The third-order valence-corrected chi connectivity index (χ3v) is 4.87. The van der Waals surface area contributed by atoms with Crippen molar-refractivity contribution >= 4 is 11.3 Å². The largest absolute Gasteiger partial charge is 0.387 e. The fraction of sp³-hybridized carbons (Fsp3) is 0.500. The number of aliphatic hydroxyl groups is 1. The van der Waals surface area contributed by atoms with Gasteiger partial charge in [-0.2, -0.15) is 5.10 Å². The summed E-state index contributed by atoms with van der Waals surface area (Å²) in [4.78, 5) is 2.60. The van der Waals surface area contributed by atoms with Crippen molar-refractivity contribution in [2.75, 3.05) is 0 Å². The van der Waals surface area contributed by atoms with Crippen molar-refractivity contribution in [1.82, 2.24) is 9.78 Å². The molecule has 2 aromatic heterocycles. The van der Waals surface area contributed by atoms with E-state index < -0.39 is 0 Å². The molecule has 3 nitrogen and oxygen atoms in total. The molecular weight excluding hydrogens is 244 g/mol. The molecule has 0 radical (unpaired) electrons. The van der Waals surface area contributed by atoms with Gasteiger partial charge in [0.05, 0.1) is 12.3 Å². The van der Waals surface area contributed by atoms with Crippen LogP contribution in [0.4, 0.5) is 0 Å². The molecule has 1 aliphatic carbocycles. The maximum atomic E-state index is 10.3. The molecule has 0 aromatic carbocycles. The summed E-state index contributed by atoms with van der Waals surface area (Å²) in [6, 6.07) is 2.21. The quantitative estimate of drug-likeness (QED) is 0.923. The standard InChI is InChI=1S/C14H18N2OS/c1-16-9-10(8-15-16)6-12(17)14-7-11-4-2-3-5-13(11)18-14/h7-9,12,17H,2-6H2,1H3. The van der Waals surface area contributed by atoms with Crippen LogP contribution in [0.15, 0.2) is 18.5 Å². The van der Waals surface area contributed by atoms with E-state index in [4.69, 9.17) is 0 Å². The summed E-state index contributed by atoms with van der Waals surface area (Å²) in [6.45, 7) is 0. The van der Waals surface area contributed by atoms with E-state index in [1.807, 2.05) is 19.4 Å². The second-order valence-corrected chi connectivity index (χ2v) is 6.21. The number of thiophene rings is 1. The Morgan fingerprint density at radius 2 is 2.28 bits per heavy atom. The molecule has 0 saturated heterocycles. The van der Waals surface area contributed by atoms with Gasteiger partial charge in [0.25, 0.3) is 0 Å². The van der Waals surface area contributed by atoms with Crippen LogP contribution in [-0.2, 0) is 26.3 Å². The van der Waals surface area contributed by atoms with Gasteiger partial charge >= 0.3 is 0 Å². The highest BCUT2D eigenvalue weighted by molar-refractivity contribution is 7.12. The van der Waals surface area contributed by atoms with E-state index in [-0.39, 0.29) is 6.10 Å². The topological polar surface area (TPSA) is 38.0 Å². The second-order valence-electron chi connectivity index (χ2n) is 5.05. The molecule has 0 spiro atoms. The molecule has 2 heterocycles. The van der Waals surface area contributed by atoms with Gasteiger partial charge in [-0.1, -0.05) is 0 Å². The highest BCUT2D eigenvalue weighted by Gasteiger charge is 2.18. The summed E-state index contributed by atoms with van der Waals surface area (Å²) in [5.41, 5.74) is 2.56. The lowest BCUT2D eigenvalue weighted by molar-refractivity contribution is 0.182. The second kappa shape index (κ2) is 4.86. The Hall–Kier alpha value is -1.13. The van der Waals surface area contributed by atoms with Gasteiger partial charge in [-0.3, -0.25) is 4.68 Å². The smallest absolute Gasteiger partial charge is 0.0923 e. The first-order valence-electron chi connectivity index (χ1n) is 6.49.